The number of carbonyl (C=O) groups is 3. The molecule has 6 heteroatoms. The zero-order valence-electron chi connectivity index (χ0n) is 16.7. The molecule has 0 N–H and O–H groups in total. The van der Waals surface area contributed by atoms with Crippen LogP contribution in [-0.2, 0) is 16.6 Å². The number of Topliss-reactive ketones (excluding diaryl/α,β-unsaturated/α-hetero) is 1. The Morgan fingerprint density at radius 2 is 1.81 bits per heavy atom. The van der Waals surface area contributed by atoms with Crippen LogP contribution >= 0.6 is 0 Å². The van der Waals surface area contributed by atoms with Gasteiger partial charge in [-0.25, -0.2) is 4.79 Å². The Balaban J connectivity index is 2.35. The number of hydrogen-bond acceptors (Lipinski definition) is 4. The second kappa shape index (κ2) is 8.06. The van der Waals surface area contributed by atoms with Crippen molar-refractivity contribution in [1.29, 1.82) is 0 Å². The number of esters is 1. The van der Waals surface area contributed by atoms with E-state index in [0.29, 0.717) is 29.1 Å². The number of amides is 1. The maximum atomic E-state index is 13.2. The van der Waals surface area contributed by atoms with Gasteiger partial charge >= 0.3 is 5.97 Å². The van der Waals surface area contributed by atoms with Crippen LogP contribution in [0.25, 0.3) is 0 Å². The van der Waals surface area contributed by atoms with Gasteiger partial charge in [0, 0.05) is 30.8 Å². The van der Waals surface area contributed by atoms with Gasteiger partial charge in [0.1, 0.15) is 5.69 Å². The van der Waals surface area contributed by atoms with Crippen molar-refractivity contribution in [1.82, 2.24) is 9.47 Å². The largest absolute Gasteiger partial charge is 0.464 e. The number of rotatable bonds is 6. The molecule has 1 amide bonds. The fourth-order valence-corrected chi connectivity index (χ4v) is 4.10. The fourth-order valence-electron chi connectivity index (χ4n) is 4.10. The number of ether oxygens (including phenoxy) is 1. The topological polar surface area (TPSA) is 68.6 Å². The maximum Gasteiger partial charge on any atom is 0.354 e. The highest BCUT2D eigenvalue weighted by molar-refractivity contribution is 6.06. The SMILES string of the molecule is CCN(C(=O)C1CCCC1)[C@@H](C)C(=O)c1c(C)c(C(=O)OC)n(C)c1C. The van der Waals surface area contributed by atoms with Gasteiger partial charge in [0.2, 0.25) is 5.91 Å². The average molecular weight is 362 g/mol. The lowest BCUT2D eigenvalue weighted by Gasteiger charge is -2.29. The first-order chi connectivity index (χ1) is 12.3. The molecule has 0 aliphatic heterocycles. The van der Waals surface area contributed by atoms with E-state index in [-0.39, 0.29) is 17.6 Å². The number of likely N-dealkylation sites (N-methyl/N-ethyl adjacent to an activating group) is 1. The van der Waals surface area contributed by atoms with Crippen LogP contribution in [0.2, 0.25) is 0 Å². The van der Waals surface area contributed by atoms with Gasteiger partial charge in [-0.2, -0.15) is 0 Å². The van der Waals surface area contributed by atoms with Gasteiger partial charge in [-0.3, -0.25) is 9.59 Å². The van der Waals surface area contributed by atoms with Crippen molar-refractivity contribution in [3.8, 4) is 0 Å². The summed E-state index contributed by atoms with van der Waals surface area (Å²) in [6, 6.07) is -0.557. The van der Waals surface area contributed by atoms with Crippen LogP contribution in [0.5, 0.6) is 0 Å². The van der Waals surface area contributed by atoms with Crippen LogP contribution in [-0.4, -0.2) is 46.8 Å². The minimum atomic E-state index is -0.557. The van der Waals surface area contributed by atoms with Gasteiger partial charge in [-0.15, -0.1) is 0 Å². The van der Waals surface area contributed by atoms with Gasteiger partial charge in [-0.1, -0.05) is 12.8 Å². The van der Waals surface area contributed by atoms with E-state index in [1.165, 1.54) is 7.11 Å². The molecule has 1 aromatic heterocycles. The standard InChI is InChI=1S/C20H30N2O4/c1-7-22(19(24)15-10-8-9-11-15)14(4)18(23)16-12(2)17(20(25)26-6)21(5)13(16)3/h14-15H,7-11H2,1-6H3/t14-/m0/s1. The van der Waals surface area contributed by atoms with E-state index in [9.17, 15) is 14.4 Å². The van der Waals surface area contributed by atoms with E-state index in [1.54, 1.807) is 30.4 Å². The molecular formula is C20H30N2O4. The highest BCUT2D eigenvalue weighted by atomic mass is 16.5. The minimum Gasteiger partial charge on any atom is -0.464 e. The van der Waals surface area contributed by atoms with Crippen LogP contribution in [0, 0.1) is 19.8 Å². The second-order valence-corrected chi connectivity index (χ2v) is 7.13. The fraction of sp³-hybridized carbons (Fsp3) is 0.650. The van der Waals surface area contributed by atoms with Crippen LogP contribution in [0.1, 0.15) is 71.6 Å². The molecule has 1 atom stereocenters. The zero-order valence-corrected chi connectivity index (χ0v) is 16.7. The number of aromatic nitrogens is 1. The normalized spacial score (nSPS) is 15.8. The summed E-state index contributed by atoms with van der Waals surface area (Å²) in [6.45, 7) is 7.75. The quantitative estimate of drug-likeness (QED) is 0.576. The van der Waals surface area contributed by atoms with Gasteiger partial charge in [0.25, 0.3) is 0 Å². The van der Waals surface area contributed by atoms with E-state index in [1.807, 2.05) is 13.8 Å². The first kappa shape index (κ1) is 20.2. The third-order valence-corrected chi connectivity index (χ3v) is 5.73. The maximum absolute atomic E-state index is 13.2. The summed E-state index contributed by atoms with van der Waals surface area (Å²) >= 11 is 0. The molecule has 1 aliphatic carbocycles. The van der Waals surface area contributed by atoms with Crippen LogP contribution < -0.4 is 0 Å². The third-order valence-electron chi connectivity index (χ3n) is 5.73. The molecule has 1 heterocycles. The number of carbonyl (C=O) groups excluding carboxylic acids is 3. The summed E-state index contributed by atoms with van der Waals surface area (Å²) in [4.78, 5) is 39.8. The van der Waals surface area contributed by atoms with Crippen LogP contribution in [0.15, 0.2) is 0 Å². The van der Waals surface area contributed by atoms with Crippen molar-refractivity contribution in [2.75, 3.05) is 13.7 Å². The number of methoxy groups -OCH3 is 1. The van der Waals surface area contributed by atoms with Crippen LogP contribution in [0.3, 0.4) is 0 Å². The van der Waals surface area contributed by atoms with E-state index in [2.05, 4.69) is 0 Å². The van der Waals surface area contributed by atoms with Crippen molar-refractivity contribution in [2.24, 2.45) is 13.0 Å². The van der Waals surface area contributed by atoms with Crippen molar-refractivity contribution < 1.29 is 19.1 Å². The Hall–Kier alpha value is -2.11. The van der Waals surface area contributed by atoms with Gasteiger partial charge < -0.3 is 14.2 Å². The third kappa shape index (κ3) is 3.41. The summed E-state index contributed by atoms with van der Waals surface area (Å²) in [5.74, 6) is -0.479. The summed E-state index contributed by atoms with van der Waals surface area (Å²) in [7, 11) is 3.07. The molecule has 0 aromatic carbocycles. The Morgan fingerprint density at radius 3 is 2.31 bits per heavy atom. The van der Waals surface area contributed by atoms with Crippen molar-refractivity contribution in [2.45, 2.75) is 59.4 Å². The predicted octanol–water partition coefficient (Wildman–Crippen LogP) is 3.04. The Labute approximate surface area is 155 Å². The van der Waals surface area contributed by atoms with E-state index in [4.69, 9.17) is 4.74 Å². The van der Waals surface area contributed by atoms with Crippen molar-refractivity contribution in [3.05, 3.63) is 22.5 Å². The highest BCUT2D eigenvalue weighted by Crippen LogP contribution is 2.29. The second-order valence-electron chi connectivity index (χ2n) is 7.13. The molecule has 0 radical (unpaired) electrons. The number of hydrogen-bond donors (Lipinski definition) is 0. The summed E-state index contributed by atoms with van der Waals surface area (Å²) < 4.78 is 6.54. The molecule has 2 rings (SSSR count). The van der Waals surface area contributed by atoms with Gasteiger partial charge in [0.15, 0.2) is 5.78 Å². The smallest absolute Gasteiger partial charge is 0.354 e. The van der Waals surface area contributed by atoms with Gasteiger partial charge in [0.05, 0.1) is 13.2 Å². The Bertz CT molecular complexity index is 714. The van der Waals surface area contributed by atoms with E-state index >= 15 is 0 Å². The Morgan fingerprint density at radius 1 is 1.23 bits per heavy atom. The molecule has 1 fully saturated rings. The summed E-state index contributed by atoms with van der Waals surface area (Å²) in [5.41, 5.74) is 2.21. The lowest BCUT2D eigenvalue weighted by atomic mass is 9.98. The monoisotopic (exact) mass is 362 g/mol. The Kier molecular flexibility index (Phi) is 6.26. The molecule has 0 saturated heterocycles. The van der Waals surface area contributed by atoms with Crippen molar-refractivity contribution in [3.63, 3.8) is 0 Å². The lowest BCUT2D eigenvalue weighted by Crippen LogP contribution is -2.45. The van der Waals surface area contributed by atoms with Crippen LogP contribution in [0.4, 0.5) is 0 Å². The molecule has 1 saturated carbocycles. The molecule has 144 valence electrons. The number of ketones is 1. The van der Waals surface area contributed by atoms with Gasteiger partial charge in [-0.05, 0) is 46.1 Å². The van der Waals surface area contributed by atoms with E-state index in [0.717, 1.165) is 25.7 Å². The zero-order chi connectivity index (χ0) is 19.6. The molecular weight excluding hydrogens is 332 g/mol. The first-order valence-corrected chi connectivity index (χ1v) is 9.35. The predicted molar refractivity (Wildman–Crippen MR) is 99.4 cm³/mol. The molecule has 6 nitrogen and oxygen atoms in total. The highest BCUT2D eigenvalue weighted by Gasteiger charge is 2.34. The van der Waals surface area contributed by atoms with Crippen molar-refractivity contribution >= 4 is 17.7 Å². The summed E-state index contributed by atoms with van der Waals surface area (Å²) in [5, 5.41) is 0. The number of nitrogens with zero attached hydrogens (tertiary/aromatic N) is 2. The average Bonchev–Trinajstić information content (AvgIpc) is 3.22. The molecule has 0 unspecified atom stereocenters. The molecule has 0 bridgehead atoms. The lowest BCUT2D eigenvalue weighted by molar-refractivity contribution is -0.136. The first-order valence-electron chi connectivity index (χ1n) is 9.35. The molecule has 1 aromatic rings. The molecule has 0 spiro atoms. The minimum absolute atomic E-state index is 0.0359. The molecule has 1 aliphatic rings. The van der Waals surface area contributed by atoms with E-state index < -0.39 is 12.0 Å². The summed E-state index contributed by atoms with van der Waals surface area (Å²) in [6.07, 6.45) is 3.98. The molecule has 26 heavy (non-hydrogen) atoms.